The Kier molecular flexibility index (Phi) is 10.2. The normalized spacial score (nSPS) is 30.6. The molecule has 40 heavy (non-hydrogen) atoms. The number of fused-ring (bicyclic) bond motifs is 3. The summed E-state index contributed by atoms with van der Waals surface area (Å²) in [6.45, 7) is 1.79. The SMILES string of the molecule is COc1cc2c3c(O)c(c(C)cc3c1)C(=O)CCSSC[C@@H]([C@H](CN)CC=O)[C@@H](O)[C@@H]1O[C@H](O2)[C@H](O)[C@@H](O)[C@@H]1O. The van der Waals surface area contributed by atoms with Gasteiger partial charge in [0, 0.05) is 36.3 Å². The maximum absolute atomic E-state index is 13.2. The number of ketones is 1. The molecule has 2 aromatic rings. The van der Waals surface area contributed by atoms with E-state index < -0.39 is 48.6 Å². The third-order valence-corrected chi connectivity index (χ3v) is 10.0. The first-order valence-corrected chi connectivity index (χ1v) is 15.4. The van der Waals surface area contributed by atoms with Crippen LogP contribution in [0.2, 0.25) is 0 Å². The van der Waals surface area contributed by atoms with E-state index in [0.717, 1.165) is 0 Å². The number of aliphatic hydroxyl groups is 4. The molecule has 8 atom stereocenters. The summed E-state index contributed by atoms with van der Waals surface area (Å²) in [6.07, 6.45) is -8.68. The summed E-state index contributed by atoms with van der Waals surface area (Å²) in [6, 6.07) is 4.82. The Morgan fingerprint density at radius 2 is 1.88 bits per heavy atom. The molecule has 0 spiro atoms. The zero-order valence-corrected chi connectivity index (χ0v) is 23.8. The molecule has 1 fully saturated rings. The van der Waals surface area contributed by atoms with Crippen LogP contribution in [0, 0.1) is 18.8 Å². The van der Waals surface area contributed by atoms with Crippen LogP contribution in [-0.4, -0.2) is 99.6 Å². The van der Waals surface area contributed by atoms with Crippen LogP contribution < -0.4 is 15.2 Å². The van der Waals surface area contributed by atoms with Gasteiger partial charge in [0.2, 0.25) is 6.29 Å². The summed E-state index contributed by atoms with van der Waals surface area (Å²) in [7, 11) is 4.20. The molecule has 13 heteroatoms. The highest BCUT2D eigenvalue weighted by atomic mass is 33.1. The standard InChI is InChI=1S/C27H35NO10S2/c1-12-7-14-8-15(36-2)9-18-20(14)22(32)19(12)17(30)4-6-39-40-11-16(13(10-28)3-5-29)21(31)26-24(34)23(33)25(35)27(37-18)38-26/h5,7-9,13,16,21,23-27,31-35H,3-4,6,10-11,28H2,1-2H3/t13-,16-,21+,23-,24-,25+,26-,27-/m0/s1. The number of rotatable bonds is 5. The van der Waals surface area contributed by atoms with Gasteiger partial charge in [0.15, 0.2) is 5.78 Å². The fraction of sp³-hybridized carbons (Fsp3) is 0.556. The topological polar surface area (TPSA) is 189 Å². The maximum Gasteiger partial charge on any atom is 0.229 e. The van der Waals surface area contributed by atoms with Gasteiger partial charge in [0.1, 0.15) is 48.0 Å². The number of phenolic OH excluding ortho intramolecular Hbond substituents is 1. The lowest BCUT2D eigenvalue weighted by atomic mass is 9.81. The maximum atomic E-state index is 13.2. The highest BCUT2D eigenvalue weighted by Gasteiger charge is 2.50. The first kappa shape index (κ1) is 30.8. The fourth-order valence-corrected chi connectivity index (χ4v) is 7.78. The van der Waals surface area contributed by atoms with E-state index in [4.69, 9.17) is 19.9 Å². The van der Waals surface area contributed by atoms with Crippen molar-refractivity contribution in [1.82, 2.24) is 0 Å². The summed E-state index contributed by atoms with van der Waals surface area (Å²) < 4.78 is 17.3. The molecular weight excluding hydrogens is 562 g/mol. The van der Waals surface area contributed by atoms with E-state index in [-0.39, 0.29) is 47.6 Å². The molecule has 0 unspecified atom stereocenters. The number of carbonyl (C=O) groups excluding carboxylic acids is 2. The molecular formula is C27H35NO10S2. The Morgan fingerprint density at radius 1 is 1.12 bits per heavy atom. The number of aryl methyl sites for hydroxylation is 1. The largest absolute Gasteiger partial charge is 0.506 e. The first-order chi connectivity index (χ1) is 19.1. The molecule has 2 aromatic carbocycles. The molecule has 0 aliphatic carbocycles. The number of ether oxygens (including phenoxy) is 3. The van der Waals surface area contributed by atoms with Crippen molar-refractivity contribution >= 4 is 44.4 Å². The van der Waals surface area contributed by atoms with Crippen LogP contribution in [0.3, 0.4) is 0 Å². The van der Waals surface area contributed by atoms with Crippen LogP contribution in [0.5, 0.6) is 17.2 Å². The van der Waals surface area contributed by atoms with Crippen molar-refractivity contribution in [3.05, 3.63) is 29.3 Å². The van der Waals surface area contributed by atoms with Crippen LogP contribution in [0.25, 0.3) is 10.8 Å². The molecule has 0 radical (unpaired) electrons. The number of aliphatic hydroxyl groups excluding tert-OH is 4. The third-order valence-electron chi connectivity index (χ3n) is 7.55. The van der Waals surface area contributed by atoms with Crippen molar-refractivity contribution in [3.8, 4) is 17.2 Å². The lowest BCUT2D eigenvalue weighted by Gasteiger charge is -2.44. The summed E-state index contributed by atoms with van der Waals surface area (Å²) >= 11 is 0. The smallest absolute Gasteiger partial charge is 0.229 e. The van der Waals surface area contributed by atoms with Crippen LogP contribution in [0.15, 0.2) is 18.2 Å². The van der Waals surface area contributed by atoms with Crippen molar-refractivity contribution in [2.45, 2.75) is 56.6 Å². The van der Waals surface area contributed by atoms with E-state index in [0.29, 0.717) is 34.5 Å². The van der Waals surface area contributed by atoms with Crippen LogP contribution in [-0.2, 0) is 9.53 Å². The molecule has 0 saturated carbocycles. The Morgan fingerprint density at radius 3 is 2.55 bits per heavy atom. The van der Waals surface area contributed by atoms with Crippen LogP contribution >= 0.6 is 21.6 Å². The fourth-order valence-electron chi connectivity index (χ4n) is 5.31. The minimum atomic E-state index is -1.76. The molecule has 220 valence electrons. The van der Waals surface area contributed by atoms with E-state index in [2.05, 4.69) is 0 Å². The van der Waals surface area contributed by atoms with Crippen molar-refractivity contribution < 1.29 is 49.3 Å². The number of aldehydes is 1. The van der Waals surface area contributed by atoms with Crippen molar-refractivity contribution in [2.24, 2.45) is 17.6 Å². The molecule has 2 aliphatic heterocycles. The number of methoxy groups -OCH3 is 1. The number of hydrogen-bond acceptors (Lipinski definition) is 13. The molecule has 0 amide bonds. The summed E-state index contributed by atoms with van der Waals surface area (Å²) in [4.78, 5) is 24.6. The predicted molar refractivity (Wildman–Crippen MR) is 151 cm³/mol. The van der Waals surface area contributed by atoms with E-state index in [1.165, 1.54) is 34.8 Å². The van der Waals surface area contributed by atoms with Crippen molar-refractivity contribution in [2.75, 3.05) is 25.2 Å². The number of carbonyl (C=O) groups is 2. The summed E-state index contributed by atoms with van der Waals surface area (Å²) in [5, 5.41) is 55.7. The molecule has 0 aromatic heterocycles. The van der Waals surface area contributed by atoms with Gasteiger partial charge >= 0.3 is 0 Å². The van der Waals surface area contributed by atoms with Gasteiger partial charge in [0.05, 0.1) is 24.2 Å². The molecule has 11 nitrogen and oxygen atoms in total. The van der Waals surface area contributed by atoms with Crippen LogP contribution in [0.4, 0.5) is 0 Å². The predicted octanol–water partition coefficient (Wildman–Crippen LogP) is 1.16. The minimum Gasteiger partial charge on any atom is -0.506 e. The van der Waals surface area contributed by atoms with Gasteiger partial charge in [-0.25, -0.2) is 0 Å². The molecule has 2 aliphatic rings. The van der Waals surface area contributed by atoms with Gasteiger partial charge in [0.25, 0.3) is 0 Å². The molecule has 4 rings (SSSR count). The van der Waals surface area contributed by atoms with Gasteiger partial charge in [-0.1, -0.05) is 27.7 Å². The minimum absolute atomic E-state index is 0.00357. The van der Waals surface area contributed by atoms with Crippen molar-refractivity contribution in [3.63, 3.8) is 0 Å². The van der Waals surface area contributed by atoms with Gasteiger partial charge in [-0.05, 0) is 36.4 Å². The number of benzene rings is 2. The average molecular weight is 598 g/mol. The monoisotopic (exact) mass is 597 g/mol. The van der Waals surface area contributed by atoms with E-state index >= 15 is 0 Å². The quantitative estimate of drug-likeness (QED) is 0.213. The average Bonchev–Trinajstić information content (AvgIpc) is 2.92. The Labute approximate surface area is 239 Å². The van der Waals surface area contributed by atoms with E-state index in [1.54, 1.807) is 19.1 Å². The Bertz CT molecular complexity index is 1230. The highest BCUT2D eigenvalue weighted by Crippen LogP contribution is 2.43. The highest BCUT2D eigenvalue weighted by molar-refractivity contribution is 8.76. The van der Waals surface area contributed by atoms with E-state index in [9.17, 15) is 35.1 Å². The zero-order chi connectivity index (χ0) is 29.1. The molecule has 1 saturated heterocycles. The van der Waals surface area contributed by atoms with Gasteiger partial charge in [-0.2, -0.15) is 0 Å². The lowest BCUT2D eigenvalue weighted by Crippen LogP contribution is -2.63. The number of phenols is 1. The first-order valence-electron chi connectivity index (χ1n) is 12.9. The van der Waals surface area contributed by atoms with E-state index in [1.807, 2.05) is 0 Å². The Hall–Kier alpha value is -2.10. The molecule has 4 bridgehead atoms. The number of aromatic hydroxyl groups is 1. The van der Waals surface area contributed by atoms with Crippen LogP contribution in [0.1, 0.15) is 28.8 Å². The third kappa shape index (κ3) is 6.07. The Balaban J connectivity index is 1.84. The van der Waals surface area contributed by atoms with Gasteiger partial charge in [-0.15, -0.1) is 0 Å². The summed E-state index contributed by atoms with van der Waals surface area (Å²) in [5.41, 5.74) is 6.63. The summed E-state index contributed by atoms with van der Waals surface area (Å²) in [5.74, 6) is -0.622. The zero-order valence-electron chi connectivity index (χ0n) is 22.1. The second kappa shape index (κ2) is 13.3. The van der Waals surface area contributed by atoms with Crippen molar-refractivity contribution in [1.29, 1.82) is 0 Å². The second-order valence-electron chi connectivity index (χ2n) is 10.0. The molecule has 2 heterocycles. The molecule has 7 N–H and O–H groups in total. The van der Waals surface area contributed by atoms with Gasteiger partial charge in [-0.3, -0.25) is 4.79 Å². The van der Waals surface area contributed by atoms with Gasteiger partial charge < -0.3 is 50.3 Å². The number of nitrogens with two attached hydrogens (primary N) is 1. The number of Topliss-reactive ketones (excluding diaryl/α,β-unsaturated/α-hetero) is 1. The lowest BCUT2D eigenvalue weighted by molar-refractivity contribution is -0.292. The number of hydrogen-bond donors (Lipinski definition) is 6. The second-order valence-corrected chi connectivity index (χ2v) is 12.7.